The highest BCUT2D eigenvalue weighted by Crippen LogP contribution is 2.36. The first-order valence-electron chi connectivity index (χ1n) is 8.70. The van der Waals surface area contributed by atoms with Gasteiger partial charge in [0.25, 0.3) is 5.82 Å². The molecule has 3 N–H and O–H groups in total. The van der Waals surface area contributed by atoms with Gasteiger partial charge in [0.15, 0.2) is 0 Å². The van der Waals surface area contributed by atoms with Gasteiger partial charge in [0.05, 0.1) is 6.20 Å². The Morgan fingerprint density at radius 1 is 1.00 bits per heavy atom. The van der Waals surface area contributed by atoms with Gasteiger partial charge < -0.3 is 5.11 Å². The van der Waals surface area contributed by atoms with Gasteiger partial charge in [-0.05, 0) is 37.3 Å². The first-order valence-corrected chi connectivity index (χ1v) is 8.70. The molecule has 4 aromatic rings. The smallest absolute Gasteiger partial charge is 0.272 e. The van der Waals surface area contributed by atoms with E-state index in [1.165, 1.54) is 12.1 Å². The molecule has 0 aliphatic heterocycles. The number of hydrogen-bond donors (Lipinski definition) is 2. The summed E-state index contributed by atoms with van der Waals surface area (Å²) in [4.78, 5) is 7.62. The van der Waals surface area contributed by atoms with Crippen LogP contribution in [0.5, 0.6) is 5.75 Å². The van der Waals surface area contributed by atoms with E-state index in [9.17, 15) is 9.50 Å². The van der Waals surface area contributed by atoms with Crippen LogP contribution in [0.2, 0.25) is 0 Å². The predicted molar refractivity (Wildman–Crippen MR) is 103 cm³/mol. The number of aromatic nitrogens is 2. The van der Waals surface area contributed by atoms with Crippen LogP contribution >= 0.6 is 0 Å². The van der Waals surface area contributed by atoms with Gasteiger partial charge >= 0.3 is 0 Å². The highest BCUT2D eigenvalue weighted by Gasteiger charge is 2.24. The zero-order valence-corrected chi connectivity index (χ0v) is 14.8. The molecule has 0 bridgehead atoms. The van der Waals surface area contributed by atoms with Crippen molar-refractivity contribution in [3.05, 3.63) is 95.6 Å². The van der Waals surface area contributed by atoms with Gasteiger partial charge in [0.2, 0.25) is 0 Å². The van der Waals surface area contributed by atoms with Crippen molar-refractivity contribution in [1.29, 1.82) is 0 Å². The van der Waals surface area contributed by atoms with Crippen LogP contribution in [0.4, 0.5) is 10.2 Å². The third kappa shape index (κ3) is 3.44. The lowest BCUT2D eigenvalue weighted by Gasteiger charge is -2.17. The van der Waals surface area contributed by atoms with E-state index in [0.717, 1.165) is 22.5 Å². The SMILES string of the molecule is Cc1ccc2ccc([C@@H](Nc3cccc[nH+]3)c3ccc(F)cc3)c(O)c2n1. The molecule has 2 aromatic carbocycles. The number of phenols is 1. The molecule has 134 valence electrons. The van der Waals surface area contributed by atoms with E-state index in [1.54, 1.807) is 12.1 Å². The highest BCUT2D eigenvalue weighted by atomic mass is 19.1. The minimum absolute atomic E-state index is 0.119. The summed E-state index contributed by atoms with van der Waals surface area (Å²) < 4.78 is 13.4. The number of rotatable bonds is 4. The Labute approximate surface area is 156 Å². The zero-order valence-electron chi connectivity index (χ0n) is 14.8. The average molecular weight is 360 g/mol. The molecule has 0 radical (unpaired) electrons. The number of halogens is 1. The minimum atomic E-state index is -0.379. The first-order chi connectivity index (χ1) is 13.1. The van der Waals surface area contributed by atoms with Gasteiger partial charge in [-0.3, -0.25) is 5.32 Å². The molecule has 0 saturated carbocycles. The van der Waals surface area contributed by atoms with Crippen molar-refractivity contribution < 1.29 is 14.5 Å². The van der Waals surface area contributed by atoms with Crippen LogP contribution < -0.4 is 10.3 Å². The summed E-state index contributed by atoms with van der Waals surface area (Å²) in [7, 11) is 0. The van der Waals surface area contributed by atoms with Crippen LogP contribution in [0, 0.1) is 12.7 Å². The second kappa shape index (κ2) is 7.03. The number of nitrogens with one attached hydrogen (secondary N) is 2. The van der Waals surface area contributed by atoms with Crippen molar-refractivity contribution in [1.82, 2.24) is 4.98 Å². The zero-order chi connectivity index (χ0) is 18.8. The van der Waals surface area contributed by atoms with Gasteiger partial charge in [0, 0.05) is 28.3 Å². The van der Waals surface area contributed by atoms with Gasteiger partial charge in [-0.1, -0.05) is 30.3 Å². The number of phenolic OH excluding ortho intramolecular Hbond substituents is 1. The Bertz CT molecular complexity index is 1080. The van der Waals surface area contributed by atoms with Crippen molar-refractivity contribution in [3.8, 4) is 5.75 Å². The van der Waals surface area contributed by atoms with E-state index < -0.39 is 0 Å². The fraction of sp³-hybridized carbons (Fsp3) is 0.0909. The van der Waals surface area contributed by atoms with Gasteiger partial charge in [-0.15, -0.1) is 0 Å². The van der Waals surface area contributed by atoms with Gasteiger partial charge in [-0.25, -0.2) is 14.4 Å². The molecule has 5 heteroatoms. The molecule has 4 nitrogen and oxygen atoms in total. The van der Waals surface area contributed by atoms with Crippen molar-refractivity contribution in [3.63, 3.8) is 0 Å². The maximum atomic E-state index is 13.4. The number of aromatic amines is 1. The molecule has 0 saturated heterocycles. The quantitative estimate of drug-likeness (QED) is 0.567. The lowest BCUT2D eigenvalue weighted by Crippen LogP contribution is -2.19. The Morgan fingerprint density at radius 3 is 2.52 bits per heavy atom. The van der Waals surface area contributed by atoms with Crippen LogP contribution in [0.25, 0.3) is 10.9 Å². The number of H-pyrrole nitrogens is 1. The summed E-state index contributed by atoms with van der Waals surface area (Å²) in [6, 6.07) is 19.2. The molecular formula is C22H19FN3O+. The van der Waals surface area contributed by atoms with Crippen LogP contribution in [-0.4, -0.2) is 10.1 Å². The molecule has 4 rings (SSSR count). The molecule has 0 aliphatic rings. The van der Waals surface area contributed by atoms with E-state index in [4.69, 9.17) is 0 Å². The van der Waals surface area contributed by atoms with E-state index >= 15 is 0 Å². The molecule has 1 atom stereocenters. The lowest BCUT2D eigenvalue weighted by molar-refractivity contribution is -0.361. The number of fused-ring (bicyclic) bond motifs is 1. The van der Waals surface area contributed by atoms with Gasteiger partial charge in [-0.2, -0.15) is 0 Å². The van der Waals surface area contributed by atoms with Crippen LogP contribution in [0.1, 0.15) is 22.9 Å². The van der Waals surface area contributed by atoms with Crippen molar-refractivity contribution in [2.75, 3.05) is 5.32 Å². The Hall–Kier alpha value is -3.47. The maximum absolute atomic E-state index is 13.4. The molecule has 0 amide bonds. The molecule has 0 unspecified atom stereocenters. The Balaban J connectivity index is 1.86. The molecule has 2 heterocycles. The topological polar surface area (TPSA) is 59.3 Å². The van der Waals surface area contributed by atoms with Crippen LogP contribution in [0.3, 0.4) is 0 Å². The fourth-order valence-electron chi connectivity index (χ4n) is 3.15. The number of aryl methyl sites for hydroxylation is 1. The normalized spacial score (nSPS) is 12.1. The average Bonchev–Trinajstić information content (AvgIpc) is 2.69. The number of benzene rings is 2. The molecular weight excluding hydrogens is 341 g/mol. The molecule has 2 aromatic heterocycles. The summed E-state index contributed by atoms with van der Waals surface area (Å²) in [6.07, 6.45) is 1.81. The number of nitrogens with zero attached hydrogens (tertiary/aromatic N) is 1. The van der Waals surface area contributed by atoms with E-state index in [2.05, 4.69) is 15.3 Å². The Morgan fingerprint density at radius 2 is 1.78 bits per heavy atom. The monoisotopic (exact) mass is 360 g/mol. The lowest BCUT2D eigenvalue weighted by atomic mass is 9.96. The van der Waals surface area contributed by atoms with Crippen LogP contribution in [0.15, 0.2) is 72.9 Å². The Kier molecular flexibility index (Phi) is 4.42. The second-order valence-corrected chi connectivity index (χ2v) is 6.43. The standard InChI is InChI=1S/C22H18FN3O/c1-14-5-6-16-9-12-18(22(27)21(16)25-14)20(15-7-10-17(23)11-8-15)26-19-4-2-3-13-24-19/h2-13,20,27H,1H3,(H,24,26)/p+1/t20-/m0/s1. The summed E-state index contributed by atoms with van der Waals surface area (Å²) in [6.45, 7) is 1.89. The number of anilines is 1. The summed E-state index contributed by atoms with van der Waals surface area (Å²) in [5.74, 6) is 0.598. The minimum Gasteiger partial charge on any atom is -0.505 e. The van der Waals surface area contributed by atoms with E-state index in [0.29, 0.717) is 11.1 Å². The number of pyridine rings is 2. The van der Waals surface area contributed by atoms with E-state index in [-0.39, 0.29) is 17.6 Å². The summed E-state index contributed by atoms with van der Waals surface area (Å²) in [5.41, 5.74) is 2.89. The van der Waals surface area contributed by atoms with Crippen molar-refractivity contribution >= 4 is 16.7 Å². The predicted octanol–water partition coefficient (Wildman–Crippen LogP) is 4.40. The number of hydrogen-bond acceptors (Lipinski definition) is 3. The molecule has 27 heavy (non-hydrogen) atoms. The first kappa shape index (κ1) is 17.0. The second-order valence-electron chi connectivity index (χ2n) is 6.43. The fourth-order valence-corrected chi connectivity index (χ4v) is 3.15. The highest BCUT2D eigenvalue weighted by molar-refractivity contribution is 5.86. The van der Waals surface area contributed by atoms with Crippen molar-refractivity contribution in [2.24, 2.45) is 0 Å². The van der Waals surface area contributed by atoms with Crippen LogP contribution in [-0.2, 0) is 0 Å². The molecule has 0 fully saturated rings. The maximum Gasteiger partial charge on any atom is 0.272 e. The third-order valence-corrected chi connectivity index (χ3v) is 4.53. The van der Waals surface area contributed by atoms with E-state index in [1.807, 2.05) is 55.6 Å². The molecule has 0 spiro atoms. The largest absolute Gasteiger partial charge is 0.505 e. The molecule has 0 aliphatic carbocycles. The third-order valence-electron chi connectivity index (χ3n) is 4.53. The van der Waals surface area contributed by atoms with Crippen molar-refractivity contribution in [2.45, 2.75) is 13.0 Å². The van der Waals surface area contributed by atoms with Gasteiger partial charge in [0.1, 0.15) is 23.1 Å². The summed E-state index contributed by atoms with van der Waals surface area (Å²) >= 11 is 0. The number of aromatic hydroxyl groups is 1. The summed E-state index contributed by atoms with van der Waals surface area (Å²) in [5, 5.41) is 15.2.